The van der Waals surface area contributed by atoms with Crippen molar-refractivity contribution in [3.63, 3.8) is 0 Å². The van der Waals surface area contributed by atoms with Gasteiger partial charge in [-0.25, -0.2) is 0 Å². The van der Waals surface area contributed by atoms with Gasteiger partial charge in [0.05, 0.1) is 0 Å². The molecule has 1 saturated carbocycles. The maximum absolute atomic E-state index is 6.72. The van der Waals surface area contributed by atoms with Crippen molar-refractivity contribution in [2.45, 2.75) is 48.9 Å². The molecule has 0 amide bonds. The van der Waals surface area contributed by atoms with Crippen molar-refractivity contribution >= 4 is 33.4 Å². The average molecular weight is 287 g/mol. The van der Waals surface area contributed by atoms with Gasteiger partial charge in [0.15, 0.2) is 0 Å². The Hall–Kier alpha value is 0.0169. The molecule has 1 aliphatic rings. The third-order valence-corrected chi connectivity index (χ3v) is 5.46. The van der Waals surface area contributed by atoms with E-state index < -0.39 is 0 Å². The summed E-state index contributed by atoms with van der Waals surface area (Å²) in [5, 5.41) is 0.904. The quantitative estimate of drug-likeness (QED) is 0.576. The van der Waals surface area contributed by atoms with Crippen LogP contribution in [0.25, 0.3) is 0 Å². The Morgan fingerprint density at radius 3 is 2.82 bits per heavy atom. The van der Waals surface area contributed by atoms with Crippen LogP contribution in [-0.2, 0) is 0 Å². The first kappa shape index (κ1) is 13.4. The molecule has 2 unspecified atom stereocenters. The van der Waals surface area contributed by atoms with Gasteiger partial charge in [-0.2, -0.15) is 0 Å². The van der Waals surface area contributed by atoms with Crippen molar-refractivity contribution in [3.8, 4) is 0 Å². The van der Waals surface area contributed by atoms with E-state index in [1.807, 2.05) is 12.1 Å². The van der Waals surface area contributed by atoms with Gasteiger partial charge in [0.2, 0.25) is 0 Å². The lowest BCUT2D eigenvalue weighted by atomic mass is 9.94. The van der Waals surface area contributed by atoms with Crippen LogP contribution in [0.4, 0.5) is 0 Å². The molecular formula is C14H20Cl2Si. The summed E-state index contributed by atoms with van der Waals surface area (Å²) in [4.78, 5) is 0.0498. The molecule has 0 radical (unpaired) electrons. The van der Waals surface area contributed by atoms with Gasteiger partial charge >= 0.3 is 0 Å². The predicted molar refractivity (Wildman–Crippen MR) is 80.6 cm³/mol. The zero-order valence-corrected chi connectivity index (χ0v) is 13.9. The second-order valence-corrected chi connectivity index (χ2v) is 7.42. The Labute approximate surface area is 117 Å². The normalized spacial score (nSPS) is 28.7. The summed E-state index contributed by atoms with van der Waals surface area (Å²) in [6.45, 7) is 0. The molecule has 3 heteroatoms. The largest absolute Gasteiger partial charge is 0.119 e. The zero-order chi connectivity index (χ0) is 12.3. The van der Waals surface area contributed by atoms with Gasteiger partial charge in [-0.15, -0.1) is 11.6 Å². The first-order valence-corrected chi connectivity index (χ1v) is 8.75. The summed E-state index contributed by atoms with van der Waals surface area (Å²) in [5.41, 5.74) is 1.29. The minimum absolute atomic E-state index is 0.0498. The van der Waals surface area contributed by atoms with Crippen molar-refractivity contribution in [3.05, 3.63) is 34.9 Å². The van der Waals surface area contributed by atoms with Gasteiger partial charge in [0.25, 0.3) is 0 Å². The van der Waals surface area contributed by atoms with Crippen molar-refractivity contribution in [2.24, 2.45) is 0 Å². The maximum Gasteiger partial charge on any atom is 0.0452 e. The Morgan fingerprint density at radius 1 is 1.35 bits per heavy atom. The minimum atomic E-state index is 0.0498. The van der Waals surface area contributed by atoms with E-state index in [4.69, 9.17) is 23.2 Å². The summed E-state index contributed by atoms with van der Waals surface area (Å²) < 4.78 is 0. The summed E-state index contributed by atoms with van der Waals surface area (Å²) in [5.74, 6) is 0.565. The second-order valence-electron chi connectivity index (χ2n) is 5.22. The zero-order valence-electron chi connectivity index (χ0n) is 10.4. The van der Waals surface area contributed by atoms with E-state index >= 15 is 0 Å². The molecule has 2 atom stereocenters. The molecule has 1 aromatic rings. The number of halogens is 2. The van der Waals surface area contributed by atoms with Crippen LogP contribution in [-0.4, -0.2) is 15.1 Å². The molecule has 0 saturated heterocycles. The highest BCUT2D eigenvalue weighted by atomic mass is 35.5. The highest BCUT2D eigenvalue weighted by molar-refractivity contribution is 6.31. The van der Waals surface area contributed by atoms with Crippen LogP contribution in [0.1, 0.15) is 43.6 Å². The molecule has 0 N–H and O–H groups in total. The van der Waals surface area contributed by atoms with Gasteiger partial charge in [-0.05, 0) is 43.2 Å². The summed E-state index contributed by atoms with van der Waals surface area (Å²) in [6.07, 6.45) is 5.91. The lowest BCUT2D eigenvalue weighted by molar-refractivity contribution is 0.529. The molecule has 94 valence electrons. The van der Waals surface area contributed by atoms with Gasteiger partial charge in [0.1, 0.15) is 0 Å². The monoisotopic (exact) mass is 286 g/mol. The van der Waals surface area contributed by atoms with Gasteiger partial charge in [0, 0.05) is 20.1 Å². The van der Waals surface area contributed by atoms with E-state index in [-0.39, 0.29) is 4.87 Å². The lowest BCUT2D eigenvalue weighted by Gasteiger charge is -2.21. The van der Waals surface area contributed by atoms with Gasteiger partial charge in [-0.3, -0.25) is 0 Å². The van der Waals surface area contributed by atoms with Crippen LogP contribution in [0.2, 0.25) is 11.1 Å². The highest BCUT2D eigenvalue weighted by Gasteiger charge is 2.37. The molecule has 2 rings (SSSR count). The Bertz CT molecular complexity index is 380. The number of hydrogen-bond acceptors (Lipinski definition) is 0. The fourth-order valence-corrected chi connectivity index (χ4v) is 3.94. The number of alkyl halides is 1. The van der Waals surface area contributed by atoms with E-state index in [1.165, 1.54) is 41.1 Å². The van der Waals surface area contributed by atoms with E-state index in [2.05, 4.69) is 12.1 Å². The number of rotatable bonds is 4. The third kappa shape index (κ3) is 3.27. The van der Waals surface area contributed by atoms with Crippen LogP contribution in [0.15, 0.2) is 24.3 Å². The highest BCUT2D eigenvalue weighted by Crippen LogP contribution is 2.48. The molecule has 1 aliphatic carbocycles. The van der Waals surface area contributed by atoms with E-state index in [9.17, 15) is 0 Å². The van der Waals surface area contributed by atoms with E-state index in [0.29, 0.717) is 5.92 Å². The summed E-state index contributed by atoms with van der Waals surface area (Å²) >= 11 is 13.0. The van der Waals surface area contributed by atoms with E-state index in [0.717, 1.165) is 17.9 Å². The Morgan fingerprint density at radius 2 is 2.12 bits per heavy atom. The van der Waals surface area contributed by atoms with Gasteiger partial charge < -0.3 is 0 Å². The van der Waals surface area contributed by atoms with Crippen LogP contribution < -0.4 is 0 Å². The molecule has 17 heavy (non-hydrogen) atoms. The standard InChI is InChI=1S/C14H20Cl2Si/c15-13-5-2-1-4-12(13)11-6-8-14(16,10-11)7-3-9-17/h1-2,4-5,11H,3,6-10H2,17H3. The van der Waals surface area contributed by atoms with Crippen molar-refractivity contribution in [1.82, 2.24) is 0 Å². The molecule has 0 aromatic heterocycles. The van der Waals surface area contributed by atoms with Crippen molar-refractivity contribution in [1.29, 1.82) is 0 Å². The molecule has 0 aliphatic heterocycles. The smallest absolute Gasteiger partial charge is 0.0452 e. The molecule has 1 aromatic carbocycles. The fraction of sp³-hybridized carbons (Fsp3) is 0.571. The number of benzene rings is 1. The van der Waals surface area contributed by atoms with Crippen LogP contribution >= 0.6 is 23.2 Å². The molecular weight excluding hydrogens is 267 g/mol. The first-order chi connectivity index (χ1) is 8.14. The fourth-order valence-electron chi connectivity index (χ4n) is 2.87. The van der Waals surface area contributed by atoms with E-state index in [1.54, 1.807) is 0 Å². The minimum Gasteiger partial charge on any atom is -0.119 e. The molecule has 0 spiro atoms. The van der Waals surface area contributed by atoms with Crippen LogP contribution in [0, 0.1) is 0 Å². The number of hydrogen-bond donors (Lipinski definition) is 0. The summed E-state index contributed by atoms with van der Waals surface area (Å²) in [6, 6.07) is 9.58. The maximum atomic E-state index is 6.72. The Kier molecular flexibility index (Phi) is 4.57. The molecule has 1 fully saturated rings. The summed E-state index contributed by atoms with van der Waals surface area (Å²) in [7, 11) is 1.30. The molecule has 0 heterocycles. The van der Waals surface area contributed by atoms with Crippen LogP contribution in [0.3, 0.4) is 0 Å². The third-order valence-electron chi connectivity index (χ3n) is 3.88. The topological polar surface area (TPSA) is 0 Å². The van der Waals surface area contributed by atoms with Crippen molar-refractivity contribution in [2.75, 3.05) is 0 Å². The lowest BCUT2D eigenvalue weighted by Crippen LogP contribution is -2.16. The molecule has 0 bridgehead atoms. The van der Waals surface area contributed by atoms with Gasteiger partial charge in [-0.1, -0.05) is 42.3 Å². The Balaban J connectivity index is 2.05. The van der Waals surface area contributed by atoms with Crippen molar-refractivity contribution < 1.29 is 0 Å². The van der Waals surface area contributed by atoms with Crippen LogP contribution in [0.5, 0.6) is 0 Å². The average Bonchev–Trinajstić information content (AvgIpc) is 2.70. The second kappa shape index (κ2) is 5.77. The predicted octanol–water partition coefficient (Wildman–Crippen LogP) is 4.15. The first-order valence-electron chi connectivity index (χ1n) is 6.58. The molecule has 0 nitrogen and oxygen atoms in total. The SMILES string of the molecule is [SiH3]CCCC1(Cl)CCC(c2ccccc2Cl)C1.